The summed E-state index contributed by atoms with van der Waals surface area (Å²) in [5.41, 5.74) is 0.983. The van der Waals surface area contributed by atoms with Crippen LogP contribution < -0.4 is 14.8 Å². The molecule has 1 aromatic rings. The fourth-order valence-electron chi connectivity index (χ4n) is 3.32. The van der Waals surface area contributed by atoms with Crippen molar-refractivity contribution in [3.8, 4) is 23.8 Å². The van der Waals surface area contributed by atoms with Gasteiger partial charge in [-0.1, -0.05) is 32.3 Å². The van der Waals surface area contributed by atoms with E-state index in [1.807, 2.05) is 25.1 Å². The Bertz CT molecular complexity index is 666. The van der Waals surface area contributed by atoms with Crippen molar-refractivity contribution in [2.75, 3.05) is 26.8 Å². The van der Waals surface area contributed by atoms with Gasteiger partial charge in [-0.05, 0) is 49.9 Å². The molecule has 1 N–H and O–H groups in total. The van der Waals surface area contributed by atoms with Crippen molar-refractivity contribution < 1.29 is 14.3 Å². The van der Waals surface area contributed by atoms with Crippen LogP contribution in [0.15, 0.2) is 18.2 Å². The number of rotatable bonds is 8. The highest BCUT2D eigenvalue weighted by atomic mass is 16.5. The summed E-state index contributed by atoms with van der Waals surface area (Å²) in [5, 5.41) is 3.13. The maximum absolute atomic E-state index is 12.8. The number of piperidine rings is 1. The summed E-state index contributed by atoms with van der Waals surface area (Å²) in [6.45, 7) is 8.22. The smallest absolute Gasteiger partial charge is 0.237 e. The first kappa shape index (κ1) is 21.1. The fraction of sp³-hybridized carbons (Fsp3) is 0.591. The lowest BCUT2D eigenvalue weighted by atomic mass is 10.0. The third-order valence-corrected chi connectivity index (χ3v) is 4.83. The summed E-state index contributed by atoms with van der Waals surface area (Å²) in [7, 11) is 1.63. The molecule has 0 aromatic heterocycles. The highest BCUT2D eigenvalue weighted by Crippen LogP contribution is 2.31. The van der Waals surface area contributed by atoms with E-state index in [0.29, 0.717) is 24.8 Å². The van der Waals surface area contributed by atoms with Gasteiger partial charge in [0.15, 0.2) is 11.5 Å². The molecule has 2 unspecified atom stereocenters. The lowest BCUT2D eigenvalue weighted by Crippen LogP contribution is -2.49. The minimum atomic E-state index is -0.146. The largest absolute Gasteiger partial charge is 0.493 e. The predicted octanol–water partition coefficient (Wildman–Crippen LogP) is 3.39. The second-order valence-corrected chi connectivity index (χ2v) is 7.53. The average molecular weight is 373 g/mol. The quantitative estimate of drug-likeness (QED) is 0.711. The molecule has 1 aliphatic rings. The van der Waals surface area contributed by atoms with Crippen LogP contribution in [0.2, 0.25) is 0 Å². The van der Waals surface area contributed by atoms with Gasteiger partial charge in [0, 0.05) is 0 Å². The van der Waals surface area contributed by atoms with E-state index >= 15 is 0 Å². The molecule has 0 radical (unpaired) electrons. The normalized spacial score (nSPS) is 18.6. The highest BCUT2D eigenvalue weighted by Gasteiger charge is 2.29. The van der Waals surface area contributed by atoms with E-state index in [2.05, 4.69) is 30.0 Å². The number of ether oxygens (including phenoxy) is 2. The summed E-state index contributed by atoms with van der Waals surface area (Å²) in [6.07, 6.45) is 8.46. The number of hydrogen-bond acceptors (Lipinski definition) is 4. The van der Waals surface area contributed by atoms with E-state index in [4.69, 9.17) is 15.9 Å². The van der Waals surface area contributed by atoms with Crippen molar-refractivity contribution in [3.63, 3.8) is 0 Å². The van der Waals surface area contributed by atoms with Gasteiger partial charge in [0.1, 0.15) is 0 Å². The van der Waals surface area contributed by atoms with Gasteiger partial charge in [-0.3, -0.25) is 9.69 Å². The van der Waals surface area contributed by atoms with Crippen LogP contribution in [0.5, 0.6) is 11.5 Å². The zero-order chi connectivity index (χ0) is 19.8. The molecule has 1 fully saturated rings. The Kier molecular flexibility index (Phi) is 7.99. The zero-order valence-electron chi connectivity index (χ0n) is 17.0. The van der Waals surface area contributed by atoms with E-state index in [9.17, 15) is 4.79 Å². The molecule has 1 aromatic carbocycles. The molecule has 2 atom stereocenters. The number of terminal acetylenes is 1. The molecule has 0 saturated carbocycles. The molecular formula is C22H32N2O3. The number of nitrogens with zero attached hydrogens (tertiary/aromatic N) is 1. The Labute approximate surface area is 163 Å². The van der Waals surface area contributed by atoms with E-state index in [-0.39, 0.29) is 18.0 Å². The summed E-state index contributed by atoms with van der Waals surface area (Å²) in [6, 6.07) is 5.54. The molecule has 1 saturated heterocycles. The lowest BCUT2D eigenvalue weighted by molar-refractivity contribution is -0.128. The number of methoxy groups -OCH3 is 1. The maximum atomic E-state index is 12.8. The van der Waals surface area contributed by atoms with Crippen LogP contribution in [0.3, 0.4) is 0 Å². The van der Waals surface area contributed by atoms with Gasteiger partial charge >= 0.3 is 0 Å². The number of likely N-dealkylation sites (tertiary alicyclic amines) is 1. The number of carbonyl (C=O) groups is 1. The first-order valence-electron chi connectivity index (χ1n) is 9.74. The molecule has 148 valence electrons. The standard InChI is InChI=1S/C22H32N2O3/c1-6-12-24-13-8-7-9-19(24)22(25)23-17(4)18-10-11-20(21(14-18)26-5)27-15-16(2)3/h1,10-11,14,16-17,19H,7-9,12-13,15H2,2-5H3,(H,23,25). The molecule has 5 nitrogen and oxygen atoms in total. The van der Waals surface area contributed by atoms with Crippen LogP contribution in [-0.2, 0) is 4.79 Å². The van der Waals surface area contributed by atoms with Crippen molar-refractivity contribution in [1.29, 1.82) is 0 Å². The highest BCUT2D eigenvalue weighted by molar-refractivity contribution is 5.82. The van der Waals surface area contributed by atoms with Crippen LogP contribution in [0.4, 0.5) is 0 Å². The fourth-order valence-corrected chi connectivity index (χ4v) is 3.32. The van der Waals surface area contributed by atoms with Crippen molar-refractivity contribution in [2.24, 2.45) is 5.92 Å². The number of benzene rings is 1. The monoisotopic (exact) mass is 372 g/mol. The second kappa shape index (κ2) is 10.2. The van der Waals surface area contributed by atoms with E-state index in [0.717, 1.165) is 37.1 Å². The minimum absolute atomic E-state index is 0.0385. The van der Waals surface area contributed by atoms with Crippen LogP contribution >= 0.6 is 0 Å². The molecule has 0 bridgehead atoms. The lowest BCUT2D eigenvalue weighted by Gasteiger charge is -2.34. The van der Waals surface area contributed by atoms with Crippen LogP contribution in [-0.4, -0.2) is 43.7 Å². The second-order valence-electron chi connectivity index (χ2n) is 7.53. The number of hydrogen-bond donors (Lipinski definition) is 1. The molecular weight excluding hydrogens is 340 g/mol. The van der Waals surface area contributed by atoms with E-state index < -0.39 is 0 Å². The van der Waals surface area contributed by atoms with E-state index in [1.165, 1.54) is 0 Å². The summed E-state index contributed by atoms with van der Waals surface area (Å²) < 4.78 is 11.3. The van der Waals surface area contributed by atoms with Crippen LogP contribution in [0.25, 0.3) is 0 Å². The Morgan fingerprint density at radius 1 is 1.33 bits per heavy atom. The molecule has 2 rings (SSSR count). The third-order valence-electron chi connectivity index (χ3n) is 4.83. The topological polar surface area (TPSA) is 50.8 Å². The van der Waals surface area contributed by atoms with Crippen molar-refractivity contribution in [1.82, 2.24) is 10.2 Å². The molecule has 27 heavy (non-hydrogen) atoms. The van der Waals surface area contributed by atoms with Gasteiger partial charge < -0.3 is 14.8 Å². The Morgan fingerprint density at radius 3 is 2.78 bits per heavy atom. The third kappa shape index (κ3) is 5.90. The average Bonchev–Trinajstić information content (AvgIpc) is 2.66. The summed E-state index contributed by atoms with van der Waals surface area (Å²) in [4.78, 5) is 14.9. The van der Waals surface area contributed by atoms with Crippen LogP contribution in [0.1, 0.15) is 51.6 Å². The molecule has 1 amide bonds. The van der Waals surface area contributed by atoms with Crippen molar-refractivity contribution >= 4 is 5.91 Å². The summed E-state index contributed by atoms with van der Waals surface area (Å²) in [5.74, 6) is 4.55. The van der Waals surface area contributed by atoms with Crippen LogP contribution in [0, 0.1) is 18.3 Å². The number of carbonyl (C=O) groups excluding carboxylic acids is 1. The van der Waals surface area contributed by atoms with Gasteiger partial charge in [0.25, 0.3) is 0 Å². The molecule has 0 aliphatic carbocycles. The first-order chi connectivity index (χ1) is 13.0. The number of amides is 1. The van der Waals surface area contributed by atoms with E-state index in [1.54, 1.807) is 7.11 Å². The Morgan fingerprint density at radius 2 is 2.11 bits per heavy atom. The first-order valence-corrected chi connectivity index (χ1v) is 9.74. The van der Waals surface area contributed by atoms with Gasteiger partial charge in [0.2, 0.25) is 5.91 Å². The molecule has 5 heteroatoms. The Hall–Kier alpha value is -2.19. The van der Waals surface area contributed by atoms with Gasteiger partial charge in [-0.15, -0.1) is 6.42 Å². The minimum Gasteiger partial charge on any atom is -0.493 e. The molecule has 1 heterocycles. The number of nitrogens with one attached hydrogen (secondary N) is 1. The SMILES string of the molecule is C#CCN1CCCCC1C(=O)NC(C)c1ccc(OCC(C)C)c(OC)c1. The van der Waals surface area contributed by atoms with Gasteiger partial charge in [-0.2, -0.15) is 0 Å². The Balaban J connectivity index is 2.05. The molecule has 1 aliphatic heterocycles. The van der Waals surface area contributed by atoms with Crippen molar-refractivity contribution in [2.45, 2.75) is 52.1 Å². The van der Waals surface area contributed by atoms with Crippen molar-refractivity contribution in [3.05, 3.63) is 23.8 Å². The van der Waals surface area contributed by atoms with Gasteiger partial charge in [-0.25, -0.2) is 0 Å². The predicted molar refractivity (Wildman–Crippen MR) is 108 cm³/mol. The van der Waals surface area contributed by atoms with Gasteiger partial charge in [0.05, 0.1) is 32.3 Å². The maximum Gasteiger partial charge on any atom is 0.237 e. The summed E-state index contributed by atoms with van der Waals surface area (Å²) >= 11 is 0. The zero-order valence-corrected chi connectivity index (χ0v) is 17.0. The molecule has 0 spiro atoms.